The molecule has 5 rings (SSSR count). The maximum Gasteiger partial charge on any atom is 0.306 e. The molecule has 0 spiro atoms. The second kappa shape index (κ2) is 15.3. The Labute approximate surface area is 296 Å². The number of sulfone groups is 1. The number of Topliss-reactive ketones (excluding diaryl/α,β-unsaturated/α-hetero) is 2. The average molecular weight is 709 g/mol. The van der Waals surface area contributed by atoms with Gasteiger partial charge >= 0.3 is 5.97 Å². The minimum absolute atomic E-state index is 0.0845. The third-order valence-electron chi connectivity index (χ3n) is 10.7. The molecule has 2 aromatic rings. The van der Waals surface area contributed by atoms with Crippen molar-refractivity contribution in [3.05, 3.63) is 48.7 Å². The molecule has 5 atom stereocenters. The van der Waals surface area contributed by atoms with Crippen LogP contribution in [-0.2, 0) is 40.2 Å². The number of aryl methyl sites for hydroxylation is 1. The van der Waals surface area contributed by atoms with Gasteiger partial charge in [0.1, 0.15) is 11.9 Å². The van der Waals surface area contributed by atoms with Crippen molar-refractivity contribution in [1.82, 2.24) is 9.88 Å². The number of cyclic esters (lactones) is 1. The third-order valence-corrected chi connectivity index (χ3v) is 13.3. The number of rotatable bonds is 10. The summed E-state index contributed by atoms with van der Waals surface area (Å²) >= 11 is 0. The topological polar surface area (TPSA) is 137 Å². The summed E-state index contributed by atoms with van der Waals surface area (Å²) in [5, 5.41) is 1.82. The van der Waals surface area contributed by atoms with Crippen LogP contribution in [0.4, 0.5) is 0 Å². The molecule has 2 aliphatic heterocycles. The molecule has 1 aromatic heterocycles. The highest BCUT2D eigenvalue weighted by Crippen LogP contribution is 2.57. The number of aromatic nitrogens is 1. The lowest BCUT2D eigenvalue weighted by atomic mass is 9.88. The van der Waals surface area contributed by atoms with Crippen molar-refractivity contribution in [1.29, 1.82) is 0 Å². The summed E-state index contributed by atoms with van der Waals surface area (Å²) < 4.78 is 37.0. The van der Waals surface area contributed by atoms with E-state index in [1.165, 1.54) is 4.90 Å². The van der Waals surface area contributed by atoms with E-state index in [0.717, 1.165) is 54.9 Å². The number of esters is 1. The van der Waals surface area contributed by atoms with Gasteiger partial charge in [-0.2, -0.15) is 0 Å². The number of carbonyl (C=O) groups excluding carboxylic acids is 4. The number of benzene rings is 1. The van der Waals surface area contributed by atoms with E-state index in [-0.39, 0.29) is 50.0 Å². The monoisotopic (exact) mass is 708 g/mol. The molecular weight excluding hydrogens is 657 g/mol. The number of allylic oxidation sites excluding steroid dienone is 1. The highest BCUT2D eigenvalue weighted by atomic mass is 32.2. The minimum Gasteiger partial charge on any atom is -0.472 e. The van der Waals surface area contributed by atoms with Gasteiger partial charge in [0.15, 0.2) is 21.4 Å². The van der Waals surface area contributed by atoms with Crippen molar-refractivity contribution in [3.63, 3.8) is 0 Å². The smallest absolute Gasteiger partial charge is 0.306 e. The molecule has 10 nitrogen and oxygen atoms in total. The Hall–Kier alpha value is -3.60. The van der Waals surface area contributed by atoms with Gasteiger partial charge in [-0.05, 0) is 88.3 Å². The molecule has 3 aliphatic rings. The standard InChI is InChI=1S/C39H52N2O8S/c1-6-8-13-28-20-35(44)48-18-11-9-10-12-26-14-15-27-16-17-40-36(31(27)19-26)49-30-21-32(41(24-30)37(28)45)33(42)23-39(22-29(39)7-2)34(43)25-50(46,47)38(3,4)5/h7,14-17,19,28-30,32H,2,6,8-13,18,20-25H2,1,3-5H3/t28-,29-,30-,32+,39-/m1/s1. The van der Waals surface area contributed by atoms with Gasteiger partial charge in [-0.1, -0.05) is 38.0 Å². The number of unbranched alkanes of at least 4 members (excludes halogenated alkanes) is 1. The van der Waals surface area contributed by atoms with Crippen LogP contribution in [0.25, 0.3) is 10.8 Å². The molecule has 0 radical (unpaired) electrons. The predicted molar refractivity (Wildman–Crippen MR) is 191 cm³/mol. The Kier molecular flexibility index (Phi) is 11.5. The van der Waals surface area contributed by atoms with Crippen LogP contribution in [0.5, 0.6) is 5.88 Å². The lowest BCUT2D eigenvalue weighted by Crippen LogP contribution is -2.45. The molecule has 1 saturated heterocycles. The van der Waals surface area contributed by atoms with Gasteiger partial charge in [-0.15, -0.1) is 6.58 Å². The van der Waals surface area contributed by atoms with E-state index in [1.807, 2.05) is 19.1 Å². The maximum absolute atomic E-state index is 14.4. The van der Waals surface area contributed by atoms with Crippen molar-refractivity contribution >= 4 is 44.1 Å². The van der Waals surface area contributed by atoms with Gasteiger partial charge in [-0.3, -0.25) is 19.2 Å². The van der Waals surface area contributed by atoms with Crippen LogP contribution in [0.2, 0.25) is 0 Å². The van der Waals surface area contributed by atoms with Crippen LogP contribution in [-0.4, -0.2) is 77.5 Å². The molecule has 1 aliphatic carbocycles. The van der Waals surface area contributed by atoms with E-state index in [4.69, 9.17) is 9.47 Å². The number of ketones is 2. The van der Waals surface area contributed by atoms with Crippen molar-refractivity contribution in [2.75, 3.05) is 18.9 Å². The Balaban J connectivity index is 1.47. The number of amides is 1. The van der Waals surface area contributed by atoms with Gasteiger partial charge < -0.3 is 14.4 Å². The highest BCUT2D eigenvalue weighted by Gasteiger charge is 2.60. The van der Waals surface area contributed by atoms with Crippen LogP contribution in [0.1, 0.15) is 97.5 Å². The summed E-state index contributed by atoms with van der Waals surface area (Å²) in [6.07, 6.45) is 8.33. The molecule has 2 fully saturated rings. The Bertz CT molecular complexity index is 1730. The normalized spacial score (nSPS) is 26.5. The van der Waals surface area contributed by atoms with Gasteiger partial charge in [0.05, 0.1) is 30.4 Å². The first-order valence-corrected chi connectivity index (χ1v) is 19.8. The van der Waals surface area contributed by atoms with E-state index in [0.29, 0.717) is 18.7 Å². The van der Waals surface area contributed by atoms with Crippen LogP contribution >= 0.6 is 0 Å². The summed E-state index contributed by atoms with van der Waals surface area (Å²) in [5.41, 5.74) is -0.0519. The van der Waals surface area contributed by atoms with Gasteiger partial charge in [0.25, 0.3) is 0 Å². The second-order valence-corrected chi connectivity index (χ2v) is 18.1. The van der Waals surface area contributed by atoms with Crippen molar-refractivity contribution in [2.24, 2.45) is 17.3 Å². The zero-order chi connectivity index (χ0) is 36.3. The third kappa shape index (κ3) is 8.30. The molecule has 1 saturated carbocycles. The second-order valence-electron chi connectivity index (χ2n) is 15.4. The van der Waals surface area contributed by atoms with E-state index in [9.17, 15) is 27.6 Å². The van der Waals surface area contributed by atoms with Gasteiger partial charge in [0, 0.05) is 35.8 Å². The summed E-state index contributed by atoms with van der Waals surface area (Å²) in [5.74, 6) is -2.83. The Morgan fingerprint density at radius 1 is 1.14 bits per heavy atom. The van der Waals surface area contributed by atoms with Gasteiger partial charge in [-0.25, -0.2) is 13.4 Å². The fourth-order valence-electron chi connectivity index (χ4n) is 7.31. The molecular formula is C39H52N2O8S. The Morgan fingerprint density at radius 2 is 1.92 bits per heavy atom. The molecule has 11 heteroatoms. The molecule has 1 aromatic carbocycles. The lowest BCUT2D eigenvalue weighted by Gasteiger charge is -2.29. The number of fused-ring (bicyclic) bond motifs is 3. The van der Waals surface area contributed by atoms with E-state index < -0.39 is 55.6 Å². The Morgan fingerprint density at radius 3 is 2.62 bits per heavy atom. The van der Waals surface area contributed by atoms with Crippen molar-refractivity contribution < 1.29 is 37.1 Å². The summed E-state index contributed by atoms with van der Waals surface area (Å²) in [6.45, 7) is 10.9. The predicted octanol–water partition coefficient (Wildman–Crippen LogP) is 5.98. The molecule has 272 valence electrons. The zero-order valence-corrected chi connectivity index (χ0v) is 30.8. The number of pyridine rings is 1. The lowest BCUT2D eigenvalue weighted by molar-refractivity contribution is -0.150. The largest absolute Gasteiger partial charge is 0.472 e. The first kappa shape index (κ1) is 37.7. The first-order chi connectivity index (χ1) is 23.7. The van der Waals surface area contributed by atoms with Crippen LogP contribution in [0, 0.1) is 17.3 Å². The molecule has 0 N–H and O–H groups in total. The number of hydrogen-bond acceptors (Lipinski definition) is 9. The SMILES string of the molecule is C=C[C@@H]1C[C@]1(CC(=O)[C@@H]1C[C@@H]2CN1C(=O)[C@H](CCCC)CC(=O)OCCCCCc1ccc3ccnc(c3c1)O2)C(=O)CS(=O)(=O)C(C)(C)C. The van der Waals surface area contributed by atoms with Crippen molar-refractivity contribution in [3.8, 4) is 5.88 Å². The maximum atomic E-state index is 14.4. The number of hydrogen-bond donors (Lipinski definition) is 0. The highest BCUT2D eigenvalue weighted by molar-refractivity contribution is 7.93. The summed E-state index contributed by atoms with van der Waals surface area (Å²) in [7, 11) is -3.78. The van der Waals surface area contributed by atoms with E-state index in [1.54, 1.807) is 33.0 Å². The van der Waals surface area contributed by atoms with Crippen LogP contribution in [0.3, 0.4) is 0 Å². The van der Waals surface area contributed by atoms with Crippen LogP contribution < -0.4 is 4.74 Å². The fourth-order valence-corrected chi connectivity index (χ4v) is 8.37. The number of ether oxygens (including phenoxy) is 2. The molecule has 50 heavy (non-hydrogen) atoms. The molecule has 4 bridgehead atoms. The van der Waals surface area contributed by atoms with E-state index >= 15 is 0 Å². The number of nitrogens with zero attached hydrogens (tertiary/aromatic N) is 2. The minimum atomic E-state index is -3.78. The van der Waals surface area contributed by atoms with Gasteiger partial charge in [0.2, 0.25) is 11.8 Å². The fraction of sp³-hybridized carbons (Fsp3) is 0.615. The summed E-state index contributed by atoms with van der Waals surface area (Å²) in [4.78, 5) is 61.5. The number of carbonyl (C=O) groups is 4. The zero-order valence-electron chi connectivity index (χ0n) is 29.9. The quantitative estimate of drug-likeness (QED) is 0.216. The van der Waals surface area contributed by atoms with Crippen molar-refractivity contribution in [2.45, 2.75) is 115 Å². The summed E-state index contributed by atoms with van der Waals surface area (Å²) in [6, 6.07) is 7.20. The first-order valence-electron chi connectivity index (χ1n) is 18.1. The average Bonchev–Trinajstić information content (AvgIpc) is 3.62. The molecule has 1 amide bonds. The van der Waals surface area contributed by atoms with E-state index in [2.05, 4.69) is 23.7 Å². The molecule has 3 heterocycles. The molecule has 0 unspecified atom stereocenters. The van der Waals surface area contributed by atoms with Crippen LogP contribution in [0.15, 0.2) is 43.1 Å².